The summed E-state index contributed by atoms with van der Waals surface area (Å²) >= 11 is 0. The van der Waals surface area contributed by atoms with Gasteiger partial charge < -0.3 is 20.1 Å². The summed E-state index contributed by atoms with van der Waals surface area (Å²) in [5.41, 5.74) is 1.15. The molecule has 4 rings (SSSR count). The molecule has 27 heavy (non-hydrogen) atoms. The van der Waals surface area contributed by atoms with Gasteiger partial charge in [0.2, 0.25) is 5.88 Å². The molecule has 0 amide bonds. The van der Waals surface area contributed by atoms with Gasteiger partial charge in [0, 0.05) is 25.9 Å². The van der Waals surface area contributed by atoms with E-state index in [1.165, 1.54) is 25.7 Å². The zero-order valence-electron chi connectivity index (χ0n) is 16.0. The van der Waals surface area contributed by atoms with Crippen molar-refractivity contribution in [2.45, 2.75) is 82.3 Å². The summed E-state index contributed by atoms with van der Waals surface area (Å²) in [6.45, 7) is 0.699. The predicted octanol–water partition coefficient (Wildman–Crippen LogP) is 3.40. The van der Waals surface area contributed by atoms with E-state index in [0.717, 1.165) is 43.1 Å². The van der Waals surface area contributed by atoms with E-state index >= 15 is 0 Å². The number of hydrogen-bond donors (Lipinski definition) is 2. The van der Waals surface area contributed by atoms with E-state index in [1.54, 1.807) is 0 Å². The van der Waals surface area contributed by atoms with E-state index < -0.39 is 0 Å². The number of nitrogens with zero attached hydrogens (tertiary/aromatic N) is 2. The van der Waals surface area contributed by atoms with Crippen molar-refractivity contribution >= 4 is 29.9 Å². The van der Waals surface area contributed by atoms with Crippen LogP contribution in [0.1, 0.15) is 56.9 Å². The Hall–Kier alpha value is -1.09. The third-order valence-electron chi connectivity index (χ3n) is 5.75. The molecule has 1 saturated carbocycles. The van der Waals surface area contributed by atoms with Crippen molar-refractivity contribution in [2.24, 2.45) is 4.99 Å². The number of rotatable bonds is 5. The summed E-state index contributed by atoms with van der Waals surface area (Å²) < 4.78 is 12.0. The first-order valence-electron chi connectivity index (χ1n) is 10.0. The van der Waals surface area contributed by atoms with Gasteiger partial charge in [0.05, 0.1) is 18.2 Å². The van der Waals surface area contributed by atoms with Crippen molar-refractivity contribution in [1.82, 2.24) is 15.6 Å². The van der Waals surface area contributed by atoms with E-state index in [0.29, 0.717) is 30.9 Å². The van der Waals surface area contributed by atoms with Crippen LogP contribution in [0.3, 0.4) is 0 Å². The SMILES string of the molecule is CN=C(NCc1ccnc(OC2CCCCC2)c1)NC1CC2CCC1O2.I. The van der Waals surface area contributed by atoms with Crippen LogP contribution in [0.5, 0.6) is 5.88 Å². The molecule has 3 fully saturated rings. The van der Waals surface area contributed by atoms with Crippen LogP contribution >= 0.6 is 24.0 Å². The van der Waals surface area contributed by atoms with Crippen molar-refractivity contribution in [1.29, 1.82) is 0 Å². The van der Waals surface area contributed by atoms with Crippen molar-refractivity contribution in [3.05, 3.63) is 23.9 Å². The van der Waals surface area contributed by atoms with Gasteiger partial charge in [0.25, 0.3) is 0 Å². The number of pyridine rings is 1. The Bertz CT molecular complexity index is 636. The number of aliphatic imine (C=N–C) groups is 1. The summed E-state index contributed by atoms with van der Waals surface area (Å²) in [5, 5.41) is 6.92. The summed E-state index contributed by atoms with van der Waals surface area (Å²) in [4.78, 5) is 8.74. The van der Waals surface area contributed by atoms with Gasteiger partial charge in [-0.3, -0.25) is 4.99 Å². The van der Waals surface area contributed by atoms with Crippen LogP contribution in [0.4, 0.5) is 0 Å². The van der Waals surface area contributed by atoms with Crippen molar-refractivity contribution in [2.75, 3.05) is 7.05 Å². The quantitative estimate of drug-likeness (QED) is 0.380. The van der Waals surface area contributed by atoms with Gasteiger partial charge in [-0.2, -0.15) is 0 Å². The maximum Gasteiger partial charge on any atom is 0.213 e. The molecule has 1 aromatic heterocycles. The van der Waals surface area contributed by atoms with Gasteiger partial charge in [-0.1, -0.05) is 6.42 Å². The molecule has 7 heteroatoms. The number of fused-ring (bicyclic) bond motifs is 2. The maximum absolute atomic E-state index is 6.07. The lowest BCUT2D eigenvalue weighted by Crippen LogP contribution is -2.47. The molecular formula is C20H31IN4O2. The second-order valence-corrected chi connectivity index (χ2v) is 7.67. The Balaban J connectivity index is 0.00000210. The van der Waals surface area contributed by atoms with Crippen molar-refractivity contribution in [3.8, 4) is 5.88 Å². The monoisotopic (exact) mass is 486 g/mol. The number of hydrogen-bond acceptors (Lipinski definition) is 4. The zero-order valence-corrected chi connectivity index (χ0v) is 18.4. The van der Waals surface area contributed by atoms with Crippen LogP contribution < -0.4 is 15.4 Å². The molecule has 1 aliphatic carbocycles. The third-order valence-corrected chi connectivity index (χ3v) is 5.75. The van der Waals surface area contributed by atoms with Crippen LogP contribution in [0, 0.1) is 0 Å². The van der Waals surface area contributed by atoms with Gasteiger partial charge in [-0.15, -0.1) is 24.0 Å². The van der Waals surface area contributed by atoms with Crippen LogP contribution in [-0.2, 0) is 11.3 Å². The third kappa shape index (κ3) is 5.47. The summed E-state index contributed by atoms with van der Waals surface area (Å²) in [6, 6.07) is 4.44. The standard InChI is InChI=1S/C20H30N4O2.HI/c1-21-20(24-17-12-16-7-8-18(17)25-16)23-13-14-9-10-22-19(11-14)26-15-5-3-2-4-6-15;/h9-11,15-18H,2-8,12-13H2,1H3,(H2,21,23,24);1H. The van der Waals surface area contributed by atoms with Gasteiger partial charge >= 0.3 is 0 Å². The highest BCUT2D eigenvalue weighted by Gasteiger charge is 2.41. The van der Waals surface area contributed by atoms with E-state index in [4.69, 9.17) is 9.47 Å². The largest absolute Gasteiger partial charge is 0.474 e. The number of ether oxygens (including phenoxy) is 2. The molecule has 1 aromatic rings. The highest BCUT2D eigenvalue weighted by Crippen LogP contribution is 2.34. The molecule has 3 unspecified atom stereocenters. The molecule has 3 heterocycles. The van der Waals surface area contributed by atoms with Crippen LogP contribution in [-0.4, -0.2) is 42.3 Å². The molecule has 6 nitrogen and oxygen atoms in total. The average Bonchev–Trinajstić information content (AvgIpc) is 3.29. The first-order valence-corrected chi connectivity index (χ1v) is 10.0. The second kappa shape index (κ2) is 9.91. The molecule has 2 N–H and O–H groups in total. The fourth-order valence-corrected chi connectivity index (χ4v) is 4.32. The number of aromatic nitrogens is 1. The van der Waals surface area contributed by atoms with Gasteiger partial charge in [-0.25, -0.2) is 4.98 Å². The van der Waals surface area contributed by atoms with Crippen molar-refractivity contribution < 1.29 is 9.47 Å². The zero-order chi connectivity index (χ0) is 17.8. The van der Waals surface area contributed by atoms with E-state index in [-0.39, 0.29) is 24.0 Å². The number of nitrogens with one attached hydrogen (secondary N) is 2. The van der Waals surface area contributed by atoms with Crippen LogP contribution in [0.15, 0.2) is 23.3 Å². The second-order valence-electron chi connectivity index (χ2n) is 7.67. The molecular weight excluding hydrogens is 455 g/mol. The molecule has 2 saturated heterocycles. The van der Waals surface area contributed by atoms with Crippen LogP contribution in [0.25, 0.3) is 0 Å². The maximum atomic E-state index is 6.07. The minimum absolute atomic E-state index is 0. The molecule has 150 valence electrons. The Kier molecular flexibility index (Phi) is 7.57. The Morgan fingerprint density at radius 2 is 2.11 bits per heavy atom. The van der Waals surface area contributed by atoms with Gasteiger partial charge in [0.15, 0.2) is 5.96 Å². The lowest BCUT2D eigenvalue weighted by atomic mass is 9.96. The molecule has 0 aromatic carbocycles. The fourth-order valence-electron chi connectivity index (χ4n) is 4.32. The number of guanidine groups is 1. The smallest absolute Gasteiger partial charge is 0.213 e. The molecule has 2 aliphatic heterocycles. The predicted molar refractivity (Wildman–Crippen MR) is 117 cm³/mol. The van der Waals surface area contributed by atoms with E-state index in [9.17, 15) is 0 Å². The molecule has 3 atom stereocenters. The lowest BCUT2D eigenvalue weighted by Gasteiger charge is -2.23. The first-order chi connectivity index (χ1) is 12.8. The Morgan fingerprint density at radius 1 is 1.26 bits per heavy atom. The van der Waals surface area contributed by atoms with Gasteiger partial charge in [-0.05, 0) is 56.6 Å². The lowest BCUT2D eigenvalue weighted by molar-refractivity contribution is 0.0992. The van der Waals surface area contributed by atoms with E-state index in [1.807, 2.05) is 25.4 Å². The van der Waals surface area contributed by atoms with E-state index in [2.05, 4.69) is 20.6 Å². The van der Waals surface area contributed by atoms with Crippen molar-refractivity contribution in [3.63, 3.8) is 0 Å². The molecule has 2 bridgehead atoms. The number of halogens is 1. The first kappa shape index (κ1) is 20.6. The topological polar surface area (TPSA) is 67.8 Å². The highest BCUT2D eigenvalue weighted by molar-refractivity contribution is 14.0. The molecule has 0 spiro atoms. The summed E-state index contributed by atoms with van der Waals surface area (Å²) in [5.74, 6) is 1.57. The summed E-state index contributed by atoms with van der Waals surface area (Å²) in [7, 11) is 1.81. The summed E-state index contributed by atoms with van der Waals surface area (Å²) in [6.07, 6.45) is 12.5. The molecule has 0 radical (unpaired) electrons. The minimum atomic E-state index is 0. The Morgan fingerprint density at radius 3 is 2.81 bits per heavy atom. The average molecular weight is 486 g/mol. The van der Waals surface area contributed by atoms with Crippen LogP contribution in [0.2, 0.25) is 0 Å². The normalized spacial score (nSPS) is 27.9. The molecule has 3 aliphatic rings. The van der Waals surface area contributed by atoms with Gasteiger partial charge in [0.1, 0.15) is 6.10 Å². The minimum Gasteiger partial charge on any atom is -0.474 e. The fraction of sp³-hybridized carbons (Fsp3) is 0.700. The highest BCUT2D eigenvalue weighted by atomic mass is 127. The Labute approximate surface area is 178 Å².